The van der Waals surface area contributed by atoms with Crippen molar-refractivity contribution in [3.05, 3.63) is 35.1 Å². The van der Waals surface area contributed by atoms with Gasteiger partial charge < -0.3 is 5.32 Å². The van der Waals surface area contributed by atoms with E-state index >= 15 is 0 Å². The minimum atomic E-state index is -0.270. The quantitative estimate of drug-likeness (QED) is 0.894. The van der Waals surface area contributed by atoms with E-state index in [4.69, 9.17) is 5.26 Å². The van der Waals surface area contributed by atoms with Crippen molar-refractivity contribution in [2.24, 2.45) is 0 Å². The second kappa shape index (κ2) is 7.25. The maximum absolute atomic E-state index is 13.2. The molecule has 0 heterocycles. The Labute approximate surface area is 114 Å². The van der Waals surface area contributed by atoms with E-state index in [1.54, 1.807) is 6.07 Å². The van der Waals surface area contributed by atoms with Crippen molar-refractivity contribution in [3.63, 3.8) is 0 Å². The van der Waals surface area contributed by atoms with Gasteiger partial charge in [0.25, 0.3) is 0 Å². The molecule has 2 rings (SSSR count). The number of hydrogen-bond acceptors (Lipinski definition) is 2. The molecule has 3 heteroatoms. The number of halogens is 1. The second-order valence-electron chi connectivity index (χ2n) is 5.34. The van der Waals surface area contributed by atoms with E-state index in [9.17, 15) is 4.39 Å². The number of benzene rings is 1. The first-order chi connectivity index (χ1) is 9.29. The van der Waals surface area contributed by atoms with E-state index in [1.165, 1.54) is 57.1 Å². The normalized spacial score (nSPS) is 17.5. The lowest BCUT2D eigenvalue weighted by molar-refractivity contribution is 0.388. The zero-order valence-corrected chi connectivity index (χ0v) is 11.3. The highest BCUT2D eigenvalue weighted by Gasteiger charge is 2.12. The summed E-state index contributed by atoms with van der Waals surface area (Å²) in [5.74, 6) is -0.270. The van der Waals surface area contributed by atoms with Crippen LogP contribution in [0, 0.1) is 17.1 Å². The Bertz CT molecular complexity index is 443. The fraction of sp³-hybridized carbons (Fsp3) is 0.562. The Morgan fingerprint density at radius 2 is 1.84 bits per heavy atom. The predicted molar refractivity (Wildman–Crippen MR) is 74.1 cm³/mol. The first-order valence-electron chi connectivity index (χ1n) is 7.21. The van der Waals surface area contributed by atoms with Crippen molar-refractivity contribution in [2.75, 3.05) is 0 Å². The molecule has 0 atom stereocenters. The monoisotopic (exact) mass is 260 g/mol. The third kappa shape index (κ3) is 4.33. The first-order valence-corrected chi connectivity index (χ1v) is 7.21. The highest BCUT2D eigenvalue weighted by molar-refractivity contribution is 5.37. The van der Waals surface area contributed by atoms with Gasteiger partial charge >= 0.3 is 0 Å². The highest BCUT2D eigenvalue weighted by Crippen LogP contribution is 2.18. The molecule has 1 N–H and O–H groups in total. The number of nitriles is 1. The van der Waals surface area contributed by atoms with Crippen LogP contribution in [-0.2, 0) is 6.54 Å². The number of hydrogen-bond donors (Lipinski definition) is 1. The second-order valence-corrected chi connectivity index (χ2v) is 5.34. The molecule has 1 aromatic carbocycles. The predicted octanol–water partition coefficient (Wildman–Crippen LogP) is 3.90. The molecular formula is C16H21FN2. The number of nitrogens with one attached hydrogen (secondary N) is 1. The summed E-state index contributed by atoms with van der Waals surface area (Å²) >= 11 is 0. The van der Waals surface area contributed by atoms with Gasteiger partial charge in [-0.25, -0.2) is 4.39 Å². The van der Waals surface area contributed by atoms with E-state index in [2.05, 4.69) is 11.4 Å². The van der Waals surface area contributed by atoms with Crippen molar-refractivity contribution in [1.29, 1.82) is 5.26 Å². The summed E-state index contributed by atoms with van der Waals surface area (Å²) in [6.07, 6.45) is 8.92. The lowest BCUT2D eigenvalue weighted by Gasteiger charge is -2.21. The Morgan fingerprint density at radius 3 is 2.53 bits per heavy atom. The molecule has 0 bridgehead atoms. The fourth-order valence-corrected chi connectivity index (χ4v) is 2.73. The smallest absolute Gasteiger partial charge is 0.123 e. The summed E-state index contributed by atoms with van der Waals surface area (Å²) in [4.78, 5) is 0. The largest absolute Gasteiger partial charge is 0.310 e. The Balaban J connectivity index is 1.93. The van der Waals surface area contributed by atoms with Crippen molar-refractivity contribution in [3.8, 4) is 6.07 Å². The van der Waals surface area contributed by atoms with Crippen molar-refractivity contribution in [2.45, 2.75) is 57.5 Å². The van der Waals surface area contributed by atoms with Crippen molar-refractivity contribution >= 4 is 0 Å². The highest BCUT2D eigenvalue weighted by atomic mass is 19.1. The van der Waals surface area contributed by atoms with Crippen LogP contribution in [-0.4, -0.2) is 6.04 Å². The van der Waals surface area contributed by atoms with Gasteiger partial charge in [0.05, 0.1) is 11.6 Å². The van der Waals surface area contributed by atoms with Crippen LogP contribution in [0.2, 0.25) is 0 Å². The van der Waals surface area contributed by atoms with Gasteiger partial charge in [0.15, 0.2) is 0 Å². The number of rotatable bonds is 3. The molecule has 1 fully saturated rings. The standard InChI is InChI=1S/C16H21FN2/c17-15-9-8-13(11-18)14(10-15)12-19-16-6-4-2-1-3-5-7-16/h8-10,16,19H,1-7,12H2. The van der Waals surface area contributed by atoms with Gasteiger partial charge in [-0.1, -0.05) is 32.1 Å². The molecule has 2 nitrogen and oxygen atoms in total. The molecule has 0 saturated heterocycles. The van der Waals surface area contributed by atoms with Crippen LogP contribution in [0.3, 0.4) is 0 Å². The molecule has 0 amide bonds. The van der Waals surface area contributed by atoms with Gasteiger partial charge in [-0.05, 0) is 36.6 Å². The van der Waals surface area contributed by atoms with E-state index in [0.717, 1.165) is 5.56 Å². The average molecular weight is 260 g/mol. The van der Waals surface area contributed by atoms with E-state index in [1.807, 2.05) is 0 Å². The molecular weight excluding hydrogens is 239 g/mol. The van der Waals surface area contributed by atoms with Crippen LogP contribution in [0.15, 0.2) is 18.2 Å². The van der Waals surface area contributed by atoms with Crippen LogP contribution in [0.5, 0.6) is 0 Å². The zero-order chi connectivity index (χ0) is 13.5. The van der Waals surface area contributed by atoms with Crippen LogP contribution in [0.1, 0.15) is 56.1 Å². The average Bonchev–Trinajstić information content (AvgIpc) is 2.37. The van der Waals surface area contributed by atoms with Crippen LogP contribution in [0.25, 0.3) is 0 Å². The molecule has 0 unspecified atom stereocenters. The molecule has 102 valence electrons. The SMILES string of the molecule is N#Cc1ccc(F)cc1CNC1CCCCCCC1. The van der Waals surface area contributed by atoms with Crippen LogP contribution >= 0.6 is 0 Å². The van der Waals surface area contributed by atoms with Crippen LogP contribution in [0.4, 0.5) is 4.39 Å². The van der Waals surface area contributed by atoms with Crippen molar-refractivity contribution < 1.29 is 4.39 Å². The molecule has 1 aromatic rings. The summed E-state index contributed by atoms with van der Waals surface area (Å²) in [7, 11) is 0. The first kappa shape index (κ1) is 14.0. The van der Waals surface area contributed by atoms with Gasteiger partial charge in [0.1, 0.15) is 5.82 Å². The third-order valence-corrected chi connectivity index (χ3v) is 3.87. The van der Waals surface area contributed by atoms with Crippen molar-refractivity contribution in [1.82, 2.24) is 5.32 Å². The fourth-order valence-electron chi connectivity index (χ4n) is 2.73. The molecule has 0 radical (unpaired) electrons. The molecule has 1 aliphatic rings. The Kier molecular flexibility index (Phi) is 5.35. The molecule has 1 saturated carbocycles. The maximum Gasteiger partial charge on any atom is 0.123 e. The summed E-state index contributed by atoms with van der Waals surface area (Å²) in [5, 5.41) is 12.5. The lowest BCUT2D eigenvalue weighted by Crippen LogP contribution is -2.29. The summed E-state index contributed by atoms with van der Waals surface area (Å²) < 4.78 is 13.2. The molecule has 1 aliphatic carbocycles. The van der Waals surface area contributed by atoms with Gasteiger partial charge in [-0.3, -0.25) is 0 Å². The van der Waals surface area contributed by atoms with Gasteiger partial charge in [-0.15, -0.1) is 0 Å². The molecule has 0 aromatic heterocycles. The lowest BCUT2D eigenvalue weighted by atomic mass is 9.96. The van der Waals surface area contributed by atoms with E-state index in [-0.39, 0.29) is 5.82 Å². The van der Waals surface area contributed by atoms with Gasteiger partial charge in [0.2, 0.25) is 0 Å². The van der Waals surface area contributed by atoms with Crippen LogP contribution < -0.4 is 5.32 Å². The summed E-state index contributed by atoms with van der Waals surface area (Å²) in [5.41, 5.74) is 1.34. The maximum atomic E-state index is 13.2. The van der Waals surface area contributed by atoms with Gasteiger partial charge in [0, 0.05) is 12.6 Å². The molecule has 0 aliphatic heterocycles. The Hall–Kier alpha value is -1.40. The third-order valence-electron chi connectivity index (χ3n) is 3.87. The molecule has 0 spiro atoms. The Morgan fingerprint density at radius 1 is 1.16 bits per heavy atom. The zero-order valence-electron chi connectivity index (χ0n) is 11.3. The van der Waals surface area contributed by atoms with E-state index in [0.29, 0.717) is 18.2 Å². The van der Waals surface area contributed by atoms with Gasteiger partial charge in [-0.2, -0.15) is 5.26 Å². The minimum Gasteiger partial charge on any atom is -0.310 e. The van der Waals surface area contributed by atoms with E-state index < -0.39 is 0 Å². The summed E-state index contributed by atoms with van der Waals surface area (Å²) in [6, 6.07) is 7.01. The summed E-state index contributed by atoms with van der Waals surface area (Å²) in [6.45, 7) is 0.589. The number of nitrogens with zero attached hydrogens (tertiary/aromatic N) is 1. The molecule has 19 heavy (non-hydrogen) atoms. The topological polar surface area (TPSA) is 35.8 Å². The minimum absolute atomic E-state index is 0.270.